The maximum Gasteiger partial charge on any atom is 0.354 e. The van der Waals surface area contributed by atoms with Crippen molar-refractivity contribution in [2.24, 2.45) is 0 Å². The Hall–Kier alpha value is -2.69. The Morgan fingerprint density at radius 2 is 2.00 bits per heavy atom. The van der Waals surface area contributed by atoms with Gasteiger partial charge < -0.3 is 5.11 Å². The molecule has 0 unspecified atom stereocenters. The van der Waals surface area contributed by atoms with E-state index < -0.39 is 5.97 Å². The summed E-state index contributed by atoms with van der Waals surface area (Å²) in [6.07, 6.45) is 0.689. The molecule has 0 atom stereocenters. The van der Waals surface area contributed by atoms with Gasteiger partial charge >= 0.3 is 5.97 Å². The third-order valence-electron chi connectivity index (χ3n) is 3.48. The minimum atomic E-state index is -1.02. The highest BCUT2D eigenvalue weighted by atomic mass is 16.4. The monoisotopic (exact) mass is 281 g/mol. The van der Waals surface area contributed by atoms with Crippen LogP contribution in [0.3, 0.4) is 0 Å². The number of nitrogens with zero attached hydrogens (tertiary/aromatic N) is 3. The first-order valence-electron chi connectivity index (χ1n) is 6.79. The Morgan fingerprint density at radius 1 is 1.29 bits per heavy atom. The maximum atomic E-state index is 11.3. The molecule has 2 aromatic heterocycles. The lowest BCUT2D eigenvalue weighted by Crippen LogP contribution is -2.07. The Balaban J connectivity index is 2.38. The number of aromatic carboxylic acids is 1. The molecule has 0 radical (unpaired) electrons. The van der Waals surface area contributed by atoms with Gasteiger partial charge in [0.25, 0.3) is 0 Å². The van der Waals surface area contributed by atoms with E-state index in [0.29, 0.717) is 12.1 Å². The first-order chi connectivity index (χ1) is 10.1. The van der Waals surface area contributed by atoms with Gasteiger partial charge in [-0.2, -0.15) is 5.10 Å². The van der Waals surface area contributed by atoms with Crippen molar-refractivity contribution in [2.45, 2.75) is 20.3 Å². The lowest BCUT2D eigenvalue weighted by molar-refractivity contribution is 0.0690. The van der Waals surface area contributed by atoms with E-state index >= 15 is 0 Å². The van der Waals surface area contributed by atoms with Crippen LogP contribution in [0, 0.1) is 6.92 Å². The molecule has 5 heteroatoms. The van der Waals surface area contributed by atoms with Crippen LogP contribution < -0.4 is 0 Å². The summed E-state index contributed by atoms with van der Waals surface area (Å²) in [5.74, 6) is -1.02. The standard InChI is InChI=1S/C16H15N3O2/c1-3-12-9-13(16(20)21)17-15-14(10(2)18-19(12)15)11-7-5-4-6-8-11/h4-9H,3H2,1-2H3,(H,20,21). The molecular weight excluding hydrogens is 266 g/mol. The summed E-state index contributed by atoms with van der Waals surface area (Å²) in [5.41, 5.74) is 4.19. The van der Waals surface area contributed by atoms with Crippen LogP contribution in [0.5, 0.6) is 0 Å². The topological polar surface area (TPSA) is 67.5 Å². The first-order valence-corrected chi connectivity index (χ1v) is 6.79. The van der Waals surface area contributed by atoms with Crippen LogP contribution in [-0.2, 0) is 6.42 Å². The summed E-state index contributed by atoms with van der Waals surface area (Å²) in [6.45, 7) is 3.89. The molecule has 5 nitrogen and oxygen atoms in total. The number of hydrogen-bond donors (Lipinski definition) is 1. The van der Waals surface area contributed by atoms with Gasteiger partial charge in [-0.25, -0.2) is 14.3 Å². The van der Waals surface area contributed by atoms with Crippen molar-refractivity contribution in [3.63, 3.8) is 0 Å². The first kappa shape index (κ1) is 13.3. The second-order valence-electron chi connectivity index (χ2n) is 4.85. The maximum absolute atomic E-state index is 11.3. The molecule has 0 saturated heterocycles. The molecule has 0 amide bonds. The van der Waals surface area contributed by atoms with Gasteiger partial charge in [-0.05, 0) is 25.0 Å². The van der Waals surface area contributed by atoms with Crippen LogP contribution in [0.25, 0.3) is 16.8 Å². The van der Waals surface area contributed by atoms with E-state index in [-0.39, 0.29) is 5.69 Å². The van der Waals surface area contributed by atoms with Crippen LogP contribution in [-0.4, -0.2) is 25.7 Å². The van der Waals surface area contributed by atoms with Crippen molar-refractivity contribution in [1.29, 1.82) is 0 Å². The van der Waals surface area contributed by atoms with E-state index in [4.69, 9.17) is 0 Å². The lowest BCUT2D eigenvalue weighted by Gasteiger charge is -2.05. The zero-order valence-corrected chi connectivity index (χ0v) is 11.9. The highest BCUT2D eigenvalue weighted by molar-refractivity contribution is 5.88. The van der Waals surface area contributed by atoms with E-state index in [0.717, 1.165) is 22.5 Å². The molecular formula is C16H15N3O2. The number of hydrogen-bond acceptors (Lipinski definition) is 3. The number of aromatic nitrogens is 3. The van der Waals surface area contributed by atoms with Crippen molar-refractivity contribution in [3.8, 4) is 11.1 Å². The largest absolute Gasteiger partial charge is 0.477 e. The second kappa shape index (κ2) is 5.01. The molecule has 3 aromatic rings. The summed E-state index contributed by atoms with van der Waals surface area (Å²) in [5, 5.41) is 13.8. The average molecular weight is 281 g/mol. The molecule has 2 heterocycles. The van der Waals surface area contributed by atoms with Crippen molar-refractivity contribution < 1.29 is 9.90 Å². The molecule has 1 N–H and O–H groups in total. The minimum absolute atomic E-state index is 0.0523. The highest BCUT2D eigenvalue weighted by Crippen LogP contribution is 2.28. The van der Waals surface area contributed by atoms with Crippen LogP contribution >= 0.6 is 0 Å². The fourth-order valence-corrected chi connectivity index (χ4v) is 2.49. The molecule has 0 aliphatic carbocycles. The number of benzene rings is 1. The fourth-order valence-electron chi connectivity index (χ4n) is 2.49. The number of carboxylic acid groups (broad SMARTS) is 1. The number of fused-ring (bicyclic) bond motifs is 1. The molecule has 0 bridgehead atoms. The van der Waals surface area contributed by atoms with E-state index in [1.807, 2.05) is 44.2 Å². The molecule has 0 aliphatic heterocycles. The van der Waals surface area contributed by atoms with Gasteiger partial charge in [0.15, 0.2) is 11.3 Å². The Bertz CT molecular complexity index is 822. The molecule has 0 aliphatic rings. The molecule has 0 saturated carbocycles. The summed E-state index contributed by atoms with van der Waals surface area (Å²) in [7, 11) is 0. The van der Waals surface area contributed by atoms with Crippen LogP contribution in [0.15, 0.2) is 36.4 Å². The molecule has 106 valence electrons. The second-order valence-corrected chi connectivity index (χ2v) is 4.85. The summed E-state index contributed by atoms with van der Waals surface area (Å²) < 4.78 is 1.74. The lowest BCUT2D eigenvalue weighted by atomic mass is 10.1. The Labute approximate surface area is 121 Å². The van der Waals surface area contributed by atoms with Gasteiger partial charge in [0.2, 0.25) is 0 Å². The van der Waals surface area contributed by atoms with Gasteiger partial charge in [-0.15, -0.1) is 0 Å². The fraction of sp³-hybridized carbons (Fsp3) is 0.188. The zero-order chi connectivity index (χ0) is 15.0. The van der Waals surface area contributed by atoms with Crippen LogP contribution in [0.4, 0.5) is 0 Å². The molecule has 0 spiro atoms. The summed E-state index contributed by atoms with van der Waals surface area (Å²) in [4.78, 5) is 15.6. The Morgan fingerprint density at radius 3 is 2.62 bits per heavy atom. The average Bonchev–Trinajstić information content (AvgIpc) is 2.82. The van der Waals surface area contributed by atoms with E-state index in [1.165, 1.54) is 0 Å². The van der Waals surface area contributed by atoms with Crippen molar-refractivity contribution in [2.75, 3.05) is 0 Å². The summed E-state index contributed by atoms with van der Waals surface area (Å²) >= 11 is 0. The number of carboxylic acids is 1. The smallest absolute Gasteiger partial charge is 0.354 e. The predicted octanol–water partition coefficient (Wildman–Crippen LogP) is 2.97. The quantitative estimate of drug-likeness (QED) is 0.801. The van der Waals surface area contributed by atoms with Crippen LogP contribution in [0.2, 0.25) is 0 Å². The van der Waals surface area contributed by atoms with Crippen molar-refractivity contribution >= 4 is 11.6 Å². The normalized spacial score (nSPS) is 11.0. The van der Waals surface area contributed by atoms with Gasteiger partial charge in [-0.3, -0.25) is 0 Å². The minimum Gasteiger partial charge on any atom is -0.477 e. The van der Waals surface area contributed by atoms with Gasteiger partial charge in [0.05, 0.1) is 5.69 Å². The summed E-state index contributed by atoms with van der Waals surface area (Å²) in [6, 6.07) is 11.4. The van der Waals surface area contributed by atoms with Crippen LogP contribution in [0.1, 0.15) is 28.8 Å². The Kier molecular flexibility index (Phi) is 3.17. The number of aryl methyl sites for hydroxylation is 2. The van der Waals surface area contributed by atoms with E-state index in [9.17, 15) is 9.90 Å². The SMILES string of the molecule is CCc1cc(C(=O)O)nc2c(-c3ccccc3)c(C)nn12. The third kappa shape index (κ3) is 2.16. The number of rotatable bonds is 3. The van der Waals surface area contributed by atoms with E-state index in [1.54, 1.807) is 10.6 Å². The zero-order valence-electron chi connectivity index (χ0n) is 11.9. The van der Waals surface area contributed by atoms with Gasteiger partial charge in [-0.1, -0.05) is 37.3 Å². The number of carbonyl (C=O) groups is 1. The van der Waals surface area contributed by atoms with Crippen molar-refractivity contribution in [3.05, 3.63) is 53.5 Å². The molecule has 3 rings (SSSR count). The predicted molar refractivity (Wildman–Crippen MR) is 79.5 cm³/mol. The van der Waals surface area contributed by atoms with Gasteiger partial charge in [0.1, 0.15) is 0 Å². The van der Waals surface area contributed by atoms with E-state index in [2.05, 4.69) is 10.1 Å². The molecule has 0 fully saturated rings. The molecule has 21 heavy (non-hydrogen) atoms. The third-order valence-corrected chi connectivity index (χ3v) is 3.48. The van der Waals surface area contributed by atoms with Gasteiger partial charge in [0, 0.05) is 11.3 Å². The molecule has 1 aromatic carbocycles. The highest BCUT2D eigenvalue weighted by Gasteiger charge is 2.17. The van der Waals surface area contributed by atoms with Crippen molar-refractivity contribution in [1.82, 2.24) is 14.6 Å².